The van der Waals surface area contributed by atoms with Crippen molar-refractivity contribution in [2.75, 3.05) is 12.3 Å². The van der Waals surface area contributed by atoms with E-state index in [-0.39, 0.29) is 11.3 Å². The molecule has 3 nitrogen and oxygen atoms in total. The molecule has 0 aromatic carbocycles. The molecule has 4 heteroatoms. The summed E-state index contributed by atoms with van der Waals surface area (Å²) in [6.07, 6.45) is 7.27. The fourth-order valence-electron chi connectivity index (χ4n) is 2.81. The van der Waals surface area contributed by atoms with Crippen molar-refractivity contribution in [1.29, 1.82) is 0 Å². The smallest absolute Gasteiger partial charge is 0.154 e. The summed E-state index contributed by atoms with van der Waals surface area (Å²) in [6, 6.07) is 0.178. The Labute approximate surface area is 106 Å². The van der Waals surface area contributed by atoms with E-state index in [2.05, 4.69) is 12.2 Å². The van der Waals surface area contributed by atoms with E-state index in [9.17, 15) is 8.42 Å². The maximum absolute atomic E-state index is 12.3. The van der Waals surface area contributed by atoms with Gasteiger partial charge in [0.05, 0.1) is 11.0 Å². The summed E-state index contributed by atoms with van der Waals surface area (Å²) in [7, 11) is -2.91. The van der Waals surface area contributed by atoms with Crippen LogP contribution in [0.3, 0.4) is 0 Å². The van der Waals surface area contributed by atoms with E-state index in [1.807, 2.05) is 6.92 Å². The highest BCUT2D eigenvalue weighted by Gasteiger charge is 2.32. The molecular formula is C13H27NO2S. The van der Waals surface area contributed by atoms with E-state index < -0.39 is 9.84 Å². The van der Waals surface area contributed by atoms with Crippen molar-refractivity contribution in [3.63, 3.8) is 0 Å². The van der Waals surface area contributed by atoms with Gasteiger partial charge in [-0.15, -0.1) is 0 Å². The van der Waals surface area contributed by atoms with E-state index in [0.29, 0.717) is 5.75 Å². The van der Waals surface area contributed by atoms with Crippen LogP contribution < -0.4 is 5.32 Å². The highest BCUT2D eigenvalue weighted by molar-refractivity contribution is 7.92. The molecule has 0 aliphatic heterocycles. The molecule has 102 valence electrons. The van der Waals surface area contributed by atoms with Gasteiger partial charge in [0, 0.05) is 6.04 Å². The van der Waals surface area contributed by atoms with E-state index in [0.717, 1.165) is 38.6 Å². The van der Waals surface area contributed by atoms with Crippen LogP contribution in [0.25, 0.3) is 0 Å². The van der Waals surface area contributed by atoms with Crippen LogP contribution in [0.15, 0.2) is 0 Å². The summed E-state index contributed by atoms with van der Waals surface area (Å²) in [5.74, 6) is 0.347. The average Bonchev–Trinajstić information content (AvgIpc) is 2.21. The molecule has 1 aliphatic rings. The molecular weight excluding hydrogens is 234 g/mol. The molecule has 0 spiro atoms. The predicted molar refractivity (Wildman–Crippen MR) is 73.0 cm³/mol. The molecule has 0 radical (unpaired) electrons. The molecule has 2 atom stereocenters. The molecule has 0 saturated heterocycles. The average molecular weight is 261 g/mol. The first kappa shape index (κ1) is 15.0. The summed E-state index contributed by atoms with van der Waals surface area (Å²) < 4.78 is 24.6. The molecule has 1 saturated carbocycles. The minimum atomic E-state index is -2.91. The number of nitrogens with one attached hydrogen (secondary N) is 1. The molecule has 1 N–H and O–H groups in total. The number of hydrogen-bond donors (Lipinski definition) is 1. The SMILES string of the molecule is CCCS(=O)(=O)C1CCCCCCC1NCC. The van der Waals surface area contributed by atoms with Crippen molar-refractivity contribution in [2.45, 2.75) is 70.1 Å². The van der Waals surface area contributed by atoms with Crippen LogP contribution in [0.5, 0.6) is 0 Å². The van der Waals surface area contributed by atoms with E-state index in [1.165, 1.54) is 12.8 Å². The van der Waals surface area contributed by atoms with Crippen LogP contribution in [-0.2, 0) is 9.84 Å². The van der Waals surface area contributed by atoms with E-state index >= 15 is 0 Å². The maximum atomic E-state index is 12.3. The van der Waals surface area contributed by atoms with Crippen molar-refractivity contribution in [3.8, 4) is 0 Å². The van der Waals surface area contributed by atoms with Gasteiger partial charge in [-0.2, -0.15) is 0 Å². The van der Waals surface area contributed by atoms with Crippen LogP contribution in [0, 0.1) is 0 Å². The fraction of sp³-hybridized carbons (Fsp3) is 1.00. The van der Waals surface area contributed by atoms with Crippen LogP contribution in [0.4, 0.5) is 0 Å². The quantitative estimate of drug-likeness (QED) is 0.827. The van der Waals surface area contributed by atoms with Gasteiger partial charge in [-0.05, 0) is 25.8 Å². The summed E-state index contributed by atoms with van der Waals surface area (Å²) in [4.78, 5) is 0. The van der Waals surface area contributed by atoms with Crippen LogP contribution in [0.2, 0.25) is 0 Å². The van der Waals surface area contributed by atoms with Gasteiger partial charge in [-0.25, -0.2) is 8.42 Å². The topological polar surface area (TPSA) is 46.2 Å². The van der Waals surface area contributed by atoms with Gasteiger partial charge in [0.15, 0.2) is 9.84 Å². The summed E-state index contributed by atoms with van der Waals surface area (Å²) in [5.41, 5.74) is 0. The van der Waals surface area contributed by atoms with Gasteiger partial charge in [-0.1, -0.05) is 39.5 Å². The molecule has 2 unspecified atom stereocenters. The summed E-state index contributed by atoms with van der Waals surface area (Å²) in [6.45, 7) is 4.87. The fourth-order valence-corrected chi connectivity index (χ4v) is 4.94. The Kier molecular flexibility index (Phi) is 6.49. The lowest BCUT2D eigenvalue weighted by molar-refractivity contribution is 0.392. The number of rotatable bonds is 5. The van der Waals surface area contributed by atoms with Crippen molar-refractivity contribution >= 4 is 9.84 Å². The number of hydrogen-bond acceptors (Lipinski definition) is 3. The van der Waals surface area contributed by atoms with E-state index in [1.54, 1.807) is 0 Å². The Bertz CT molecular complexity index is 301. The Hall–Kier alpha value is -0.0900. The predicted octanol–water partition coefficient (Wildman–Crippen LogP) is 2.51. The standard InChI is InChI=1S/C13H27NO2S/c1-3-11-17(15,16)13-10-8-6-5-7-9-12(13)14-4-2/h12-14H,3-11H2,1-2H3. The van der Waals surface area contributed by atoms with Crippen LogP contribution >= 0.6 is 0 Å². The minimum absolute atomic E-state index is 0.150. The van der Waals surface area contributed by atoms with Crippen molar-refractivity contribution in [2.24, 2.45) is 0 Å². The van der Waals surface area contributed by atoms with Gasteiger partial charge < -0.3 is 5.32 Å². The third kappa shape index (κ3) is 4.59. The largest absolute Gasteiger partial charge is 0.313 e. The third-order valence-electron chi connectivity index (χ3n) is 3.62. The summed E-state index contributed by atoms with van der Waals surface area (Å²) >= 11 is 0. The normalized spacial score (nSPS) is 27.4. The highest BCUT2D eigenvalue weighted by atomic mass is 32.2. The number of sulfone groups is 1. The second kappa shape index (κ2) is 7.37. The lowest BCUT2D eigenvalue weighted by Gasteiger charge is -2.29. The highest BCUT2D eigenvalue weighted by Crippen LogP contribution is 2.24. The second-order valence-corrected chi connectivity index (χ2v) is 7.40. The van der Waals surface area contributed by atoms with Crippen LogP contribution in [0.1, 0.15) is 58.8 Å². The molecule has 1 fully saturated rings. The van der Waals surface area contributed by atoms with Crippen LogP contribution in [-0.4, -0.2) is 32.0 Å². The van der Waals surface area contributed by atoms with Crippen molar-refractivity contribution in [3.05, 3.63) is 0 Å². The zero-order valence-electron chi connectivity index (χ0n) is 11.2. The molecule has 0 heterocycles. The second-order valence-electron chi connectivity index (χ2n) is 5.06. The Morgan fingerprint density at radius 3 is 2.29 bits per heavy atom. The first-order valence-corrected chi connectivity index (χ1v) is 8.78. The molecule has 0 aromatic heterocycles. The van der Waals surface area contributed by atoms with Gasteiger partial charge in [-0.3, -0.25) is 0 Å². The van der Waals surface area contributed by atoms with Crippen molar-refractivity contribution < 1.29 is 8.42 Å². The molecule has 17 heavy (non-hydrogen) atoms. The summed E-state index contributed by atoms with van der Waals surface area (Å²) in [5, 5.41) is 3.24. The minimum Gasteiger partial charge on any atom is -0.313 e. The first-order chi connectivity index (χ1) is 8.11. The zero-order valence-corrected chi connectivity index (χ0v) is 12.1. The Morgan fingerprint density at radius 2 is 1.71 bits per heavy atom. The molecule has 0 bridgehead atoms. The van der Waals surface area contributed by atoms with Crippen molar-refractivity contribution in [1.82, 2.24) is 5.32 Å². The van der Waals surface area contributed by atoms with Gasteiger partial charge in [0.25, 0.3) is 0 Å². The molecule has 0 aromatic rings. The van der Waals surface area contributed by atoms with Gasteiger partial charge in [0.2, 0.25) is 0 Å². The molecule has 1 rings (SSSR count). The lowest BCUT2D eigenvalue weighted by atomic mass is 9.96. The molecule has 0 amide bonds. The van der Waals surface area contributed by atoms with Gasteiger partial charge in [0.1, 0.15) is 0 Å². The third-order valence-corrected chi connectivity index (χ3v) is 6.08. The maximum Gasteiger partial charge on any atom is 0.154 e. The first-order valence-electron chi connectivity index (χ1n) is 7.06. The van der Waals surface area contributed by atoms with Gasteiger partial charge >= 0.3 is 0 Å². The monoisotopic (exact) mass is 261 g/mol. The molecule has 1 aliphatic carbocycles. The Balaban J connectivity index is 2.78. The zero-order chi connectivity index (χ0) is 12.7. The van der Waals surface area contributed by atoms with E-state index in [4.69, 9.17) is 0 Å². The lowest BCUT2D eigenvalue weighted by Crippen LogP contribution is -2.45. The Morgan fingerprint density at radius 1 is 1.06 bits per heavy atom.